The summed E-state index contributed by atoms with van der Waals surface area (Å²) in [6.45, 7) is 2.05. The Morgan fingerprint density at radius 2 is 1.74 bits per heavy atom. The number of carbonyl (C=O) groups is 1. The van der Waals surface area contributed by atoms with Crippen LogP contribution in [0.2, 0.25) is 5.02 Å². The summed E-state index contributed by atoms with van der Waals surface area (Å²) < 4.78 is 0. The monoisotopic (exact) mass is 273 g/mol. The van der Waals surface area contributed by atoms with Crippen LogP contribution in [0.5, 0.6) is 0 Å². The molecule has 0 radical (unpaired) electrons. The molecule has 98 valence electrons. The molecule has 1 N–H and O–H groups in total. The number of nitrogens with one attached hydrogen (secondary N) is 1. The molecule has 0 fully saturated rings. The molecule has 3 heteroatoms. The molecule has 0 bridgehead atoms. The Labute approximate surface area is 118 Å². The van der Waals surface area contributed by atoms with Gasteiger partial charge >= 0.3 is 0 Å². The van der Waals surface area contributed by atoms with E-state index in [0.29, 0.717) is 11.4 Å². The first-order chi connectivity index (χ1) is 9.15. The van der Waals surface area contributed by atoms with Crippen LogP contribution >= 0.6 is 11.6 Å². The van der Waals surface area contributed by atoms with E-state index in [1.54, 1.807) is 24.3 Å². The number of carbonyl (C=O) groups excluding carboxylic acids is 1. The number of rotatable bonds is 4. The second-order valence-electron chi connectivity index (χ2n) is 4.57. The van der Waals surface area contributed by atoms with Crippen molar-refractivity contribution in [2.24, 2.45) is 0 Å². The van der Waals surface area contributed by atoms with Crippen LogP contribution in [0, 0.1) is 0 Å². The molecule has 1 atom stereocenters. The molecule has 2 aromatic carbocycles. The van der Waals surface area contributed by atoms with Crippen molar-refractivity contribution in [3.05, 3.63) is 65.2 Å². The third-order valence-electron chi connectivity index (χ3n) is 2.99. The predicted molar refractivity (Wildman–Crippen MR) is 79.6 cm³/mol. The Morgan fingerprint density at radius 3 is 2.37 bits per heavy atom. The van der Waals surface area contributed by atoms with Gasteiger partial charge in [-0.25, -0.2) is 0 Å². The average Bonchev–Trinajstić information content (AvgIpc) is 2.42. The fourth-order valence-corrected chi connectivity index (χ4v) is 2.05. The molecule has 0 aromatic heterocycles. The number of anilines is 1. The summed E-state index contributed by atoms with van der Waals surface area (Å²) in [4.78, 5) is 11.9. The van der Waals surface area contributed by atoms with E-state index in [0.717, 1.165) is 5.69 Å². The van der Waals surface area contributed by atoms with Crippen molar-refractivity contribution < 1.29 is 4.79 Å². The van der Waals surface area contributed by atoms with Crippen LogP contribution in [0.3, 0.4) is 0 Å². The molecule has 0 spiro atoms. The first-order valence-corrected chi connectivity index (χ1v) is 6.63. The summed E-state index contributed by atoms with van der Waals surface area (Å²) in [7, 11) is 0. The lowest BCUT2D eigenvalue weighted by Gasteiger charge is -2.12. The highest BCUT2D eigenvalue weighted by Crippen LogP contribution is 2.20. The second kappa shape index (κ2) is 6.39. The van der Waals surface area contributed by atoms with Crippen LogP contribution in [0.1, 0.15) is 24.8 Å². The topological polar surface area (TPSA) is 29.1 Å². The highest BCUT2D eigenvalue weighted by molar-refractivity contribution is 6.30. The molecule has 1 amide bonds. The smallest absolute Gasteiger partial charge is 0.224 e. The fraction of sp³-hybridized carbons (Fsp3) is 0.188. The van der Waals surface area contributed by atoms with Gasteiger partial charge in [-0.2, -0.15) is 0 Å². The third-order valence-corrected chi connectivity index (χ3v) is 3.24. The SMILES string of the molecule is C[C@H](CC(=O)Nc1ccc(Cl)cc1)c1ccccc1. The van der Waals surface area contributed by atoms with Crippen LogP contribution in [-0.4, -0.2) is 5.91 Å². The number of hydrogen-bond acceptors (Lipinski definition) is 1. The van der Waals surface area contributed by atoms with E-state index in [1.807, 2.05) is 30.3 Å². The Kier molecular flexibility index (Phi) is 4.58. The maximum absolute atomic E-state index is 11.9. The van der Waals surface area contributed by atoms with Gasteiger partial charge in [0.05, 0.1) is 0 Å². The normalized spacial score (nSPS) is 11.9. The summed E-state index contributed by atoms with van der Waals surface area (Å²) in [5, 5.41) is 3.53. The van der Waals surface area contributed by atoms with Gasteiger partial charge in [0.2, 0.25) is 5.91 Å². The molecule has 2 rings (SSSR count). The first-order valence-electron chi connectivity index (χ1n) is 6.25. The zero-order valence-electron chi connectivity index (χ0n) is 10.8. The van der Waals surface area contributed by atoms with E-state index in [1.165, 1.54) is 5.56 Å². The Hall–Kier alpha value is -1.80. The maximum atomic E-state index is 11.9. The lowest BCUT2D eigenvalue weighted by molar-refractivity contribution is -0.116. The van der Waals surface area contributed by atoms with Gasteiger partial charge in [-0.1, -0.05) is 48.9 Å². The van der Waals surface area contributed by atoms with Gasteiger partial charge in [0.1, 0.15) is 0 Å². The molecule has 0 saturated heterocycles. The molecular weight excluding hydrogens is 258 g/mol. The van der Waals surface area contributed by atoms with Crippen molar-refractivity contribution in [1.29, 1.82) is 0 Å². The second-order valence-corrected chi connectivity index (χ2v) is 5.01. The number of amides is 1. The van der Waals surface area contributed by atoms with Crippen molar-refractivity contribution in [2.75, 3.05) is 5.32 Å². The minimum Gasteiger partial charge on any atom is -0.326 e. The molecule has 0 saturated carbocycles. The number of hydrogen-bond donors (Lipinski definition) is 1. The summed E-state index contributed by atoms with van der Waals surface area (Å²) in [6.07, 6.45) is 0.465. The Balaban J connectivity index is 1.93. The zero-order chi connectivity index (χ0) is 13.7. The van der Waals surface area contributed by atoms with E-state index in [2.05, 4.69) is 12.2 Å². The van der Waals surface area contributed by atoms with Gasteiger partial charge in [0, 0.05) is 17.1 Å². The van der Waals surface area contributed by atoms with Gasteiger partial charge in [0.25, 0.3) is 0 Å². The van der Waals surface area contributed by atoms with Crippen molar-refractivity contribution in [3.8, 4) is 0 Å². The van der Waals surface area contributed by atoms with Crippen LogP contribution in [-0.2, 0) is 4.79 Å². The number of benzene rings is 2. The highest BCUT2D eigenvalue weighted by atomic mass is 35.5. The molecule has 19 heavy (non-hydrogen) atoms. The maximum Gasteiger partial charge on any atom is 0.224 e. The van der Waals surface area contributed by atoms with Crippen molar-refractivity contribution in [1.82, 2.24) is 0 Å². The van der Waals surface area contributed by atoms with Gasteiger partial charge < -0.3 is 5.32 Å². The zero-order valence-corrected chi connectivity index (χ0v) is 11.5. The van der Waals surface area contributed by atoms with Gasteiger partial charge in [-0.15, -0.1) is 0 Å². The fourth-order valence-electron chi connectivity index (χ4n) is 1.92. The van der Waals surface area contributed by atoms with E-state index >= 15 is 0 Å². The predicted octanol–water partition coefficient (Wildman–Crippen LogP) is 4.47. The molecule has 0 unspecified atom stereocenters. The first kappa shape index (κ1) is 13.6. The van der Waals surface area contributed by atoms with Crippen LogP contribution in [0.4, 0.5) is 5.69 Å². The third kappa shape index (κ3) is 4.11. The molecule has 0 aliphatic carbocycles. The van der Waals surface area contributed by atoms with E-state index in [9.17, 15) is 4.79 Å². The van der Waals surface area contributed by atoms with Crippen LogP contribution < -0.4 is 5.32 Å². The Bertz CT molecular complexity index is 536. The lowest BCUT2D eigenvalue weighted by atomic mass is 9.97. The number of halogens is 1. The average molecular weight is 274 g/mol. The summed E-state index contributed by atoms with van der Waals surface area (Å²) in [5.41, 5.74) is 1.95. The quantitative estimate of drug-likeness (QED) is 0.875. The van der Waals surface area contributed by atoms with Gasteiger partial charge in [-0.3, -0.25) is 4.79 Å². The standard InChI is InChI=1S/C16H16ClNO/c1-12(13-5-3-2-4-6-13)11-16(19)18-15-9-7-14(17)8-10-15/h2-10,12H,11H2,1H3,(H,18,19)/t12-/m1/s1. The summed E-state index contributed by atoms with van der Waals surface area (Å²) >= 11 is 5.80. The summed E-state index contributed by atoms with van der Waals surface area (Å²) in [5.74, 6) is 0.215. The molecular formula is C16H16ClNO. The van der Waals surface area contributed by atoms with Crippen molar-refractivity contribution in [3.63, 3.8) is 0 Å². The minimum absolute atomic E-state index is 0.0127. The molecule has 0 heterocycles. The lowest BCUT2D eigenvalue weighted by Crippen LogP contribution is -2.14. The molecule has 2 aromatic rings. The molecule has 0 aliphatic heterocycles. The van der Waals surface area contributed by atoms with Crippen molar-refractivity contribution in [2.45, 2.75) is 19.3 Å². The minimum atomic E-state index is 0.0127. The summed E-state index contributed by atoms with van der Waals surface area (Å²) in [6, 6.07) is 17.2. The van der Waals surface area contributed by atoms with Gasteiger partial charge in [0.15, 0.2) is 0 Å². The largest absolute Gasteiger partial charge is 0.326 e. The van der Waals surface area contributed by atoms with Crippen LogP contribution in [0.25, 0.3) is 0 Å². The van der Waals surface area contributed by atoms with Crippen molar-refractivity contribution >= 4 is 23.2 Å². The van der Waals surface area contributed by atoms with Crippen LogP contribution in [0.15, 0.2) is 54.6 Å². The van der Waals surface area contributed by atoms with E-state index in [4.69, 9.17) is 11.6 Å². The van der Waals surface area contributed by atoms with E-state index in [-0.39, 0.29) is 11.8 Å². The van der Waals surface area contributed by atoms with E-state index < -0.39 is 0 Å². The Morgan fingerprint density at radius 1 is 1.11 bits per heavy atom. The van der Waals surface area contributed by atoms with Gasteiger partial charge in [-0.05, 0) is 35.7 Å². The molecule has 0 aliphatic rings. The molecule has 2 nitrogen and oxygen atoms in total. The highest BCUT2D eigenvalue weighted by Gasteiger charge is 2.10.